The number of nitrogens with one attached hydrogen (secondary N) is 1. The molecule has 1 heterocycles. The number of amides is 1. The first-order valence-electron chi connectivity index (χ1n) is 5.08. The topological polar surface area (TPSA) is 101 Å². The molecule has 0 bridgehead atoms. The third-order valence-corrected chi connectivity index (χ3v) is 2.65. The van der Waals surface area contributed by atoms with Crippen LogP contribution >= 0.6 is 0 Å². The molecule has 0 spiro atoms. The molecular weight excluding hydrogens is 208 g/mol. The molecule has 1 aromatic heterocycles. The summed E-state index contributed by atoms with van der Waals surface area (Å²) in [5, 5.41) is 12.3. The standard InChI is InChI=1S/C10H14N4O2/c1-10(16)4-6(5-10)14-9(15)7-8(11)13-3-2-12-7/h2-3,6,16H,4-5H2,1H3,(H2,11,13)(H,14,15). The van der Waals surface area contributed by atoms with Gasteiger partial charge in [0.1, 0.15) is 0 Å². The molecule has 4 N–H and O–H groups in total. The Balaban J connectivity index is 1.97. The van der Waals surface area contributed by atoms with Gasteiger partial charge in [0.25, 0.3) is 5.91 Å². The maximum Gasteiger partial charge on any atom is 0.273 e. The Morgan fingerprint density at radius 1 is 1.56 bits per heavy atom. The molecule has 1 aliphatic carbocycles. The highest BCUT2D eigenvalue weighted by Crippen LogP contribution is 2.31. The van der Waals surface area contributed by atoms with Gasteiger partial charge >= 0.3 is 0 Å². The summed E-state index contributed by atoms with van der Waals surface area (Å²) in [7, 11) is 0. The van der Waals surface area contributed by atoms with E-state index in [4.69, 9.17) is 5.73 Å². The van der Waals surface area contributed by atoms with Crippen LogP contribution in [0.3, 0.4) is 0 Å². The molecule has 1 aliphatic rings. The van der Waals surface area contributed by atoms with E-state index in [9.17, 15) is 9.90 Å². The van der Waals surface area contributed by atoms with E-state index in [1.165, 1.54) is 12.4 Å². The molecule has 0 unspecified atom stereocenters. The second kappa shape index (κ2) is 3.71. The second-order valence-electron chi connectivity index (χ2n) is 4.37. The van der Waals surface area contributed by atoms with Crippen molar-refractivity contribution in [2.45, 2.75) is 31.4 Å². The lowest BCUT2D eigenvalue weighted by Gasteiger charge is -2.41. The average Bonchev–Trinajstić information content (AvgIpc) is 2.15. The molecular formula is C10H14N4O2. The zero-order chi connectivity index (χ0) is 11.8. The van der Waals surface area contributed by atoms with Crippen molar-refractivity contribution in [2.24, 2.45) is 0 Å². The van der Waals surface area contributed by atoms with Gasteiger partial charge in [0.05, 0.1) is 5.60 Å². The van der Waals surface area contributed by atoms with E-state index in [1.54, 1.807) is 6.92 Å². The molecule has 0 aromatic carbocycles. The van der Waals surface area contributed by atoms with Crippen molar-refractivity contribution in [2.75, 3.05) is 5.73 Å². The third kappa shape index (κ3) is 2.11. The lowest BCUT2D eigenvalue weighted by molar-refractivity contribution is -0.0367. The van der Waals surface area contributed by atoms with E-state index < -0.39 is 5.60 Å². The number of aromatic nitrogens is 2. The number of hydrogen-bond donors (Lipinski definition) is 3. The molecule has 1 fully saturated rings. The fourth-order valence-electron chi connectivity index (χ4n) is 1.88. The zero-order valence-corrected chi connectivity index (χ0v) is 8.97. The Bertz CT molecular complexity index is 411. The molecule has 16 heavy (non-hydrogen) atoms. The van der Waals surface area contributed by atoms with Gasteiger partial charge in [0.2, 0.25) is 0 Å². The number of carbonyl (C=O) groups is 1. The molecule has 0 aliphatic heterocycles. The maximum atomic E-state index is 11.7. The van der Waals surface area contributed by atoms with Crippen LogP contribution in [0.2, 0.25) is 0 Å². The number of nitrogens with zero attached hydrogens (tertiary/aromatic N) is 2. The van der Waals surface area contributed by atoms with Crippen LogP contribution in [-0.2, 0) is 0 Å². The van der Waals surface area contributed by atoms with E-state index in [1.807, 2.05) is 0 Å². The summed E-state index contributed by atoms with van der Waals surface area (Å²) in [5.74, 6) is -0.225. The fourth-order valence-corrected chi connectivity index (χ4v) is 1.88. The van der Waals surface area contributed by atoms with Crippen LogP contribution in [0, 0.1) is 0 Å². The molecule has 6 nitrogen and oxygen atoms in total. The van der Waals surface area contributed by atoms with E-state index in [-0.39, 0.29) is 23.5 Å². The summed E-state index contributed by atoms with van der Waals surface area (Å²) < 4.78 is 0. The normalized spacial score (nSPS) is 28.2. The number of hydrogen-bond acceptors (Lipinski definition) is 5. The third-order valence-electron chi connectivity index (χ3n) is 2.65. The van der Waals surface area contributed by atoms with Crippen molar-refractivity contribution in [3.8, 4) is 0 Å². The molecule has 2 rings (SSSR count). The molecule has 86 valence electrons. The average molecular weight is 222 g/mol. The minimum absolute atomic E-state index is 0.0103. The number of anilines is 1. The Morgan fingerprint density at radius 3 is 2.75 bits per heavy atom. The van der Waals surface area contributed by atoms with Crippen molar-refractivity contribution in [3.05, 3.63) is 18.1 Å². The molecule has 0 radical (unpaired) electrons. The van der Waals surface area contributed by atoms with E-state index in [0.717, 1.165) is 0 Å². The predicted molar refractivity (Wildman–Crippen MR) is 57.6 cm³/mol. The van der Waals surface area contributed by atoms with Crippen LogP contribution in [-0.4, -0.2) is 32.6 Å². The highest BCUT2D eigenvalue weighted by molar-refractivity contribution is 5.96. The van der Waals surface area contributed by atoms with Gasteiger partial charge in [-0.3, -0.25) is 4.79 Å². The molecule has 0 saturated heterocycles. The molecule has 1 amide bonds. The van der Waals surface area contributed by atoms with Crippen molar-refractivity contribution >= 4 is 11.7 Å². The van der Waals surface area contributed by atoms with E-state index >= 15 is 0 Å². The van der Waals surface area contributed by atoms with Gasteiger partial charge in [-0.1, -0.05) is 0 Å². The minimum Gasteiger partial charge on any atom is -0.390 e. The van der Waals surface area contributed by atoms with Crippen molar-refractivity contribution in [1.29, 1.82) is 0 Å². The highest BCUT2D eigenvalue weighted by Gasteiger charge is 2.39. The molecule has 1 saturated carbocycles. The fraction of sp³-hybridized carbons (Fsp3) is 0.500. The summed E-state index contributed by atoms with van der Waals surface area (Å²) in [6.07, 6.45) is 3.96. The monoisotopic (exact) mass is 222 g/mol. The zero-order valence-electron chi connectivity index (χ0n) is 8.97. The summed E-state index contributed by atoms with van der Waals surface area (Å²) in [4.78, 5) is 19.4. The Hall–Kier alpha value is -1.69. The first-order chi connectivity index (χ1) is 7.48. The van der Waals surface area contributed by atoms with Crippen molar-refractivity contribution in [1.82, 2.24) is 15.3 Å². The number of carbonyl (C=O) groups excluding carboxylic acids is 1. The number of aliphatic hydroxyl groups is 1. The van der Waals surface area contributed by atoms with Crippen LogP contribution in [0.4, 0.5) is 5.82 Å². The van der Waals surface area contributed by atoms with Gasteiger partial charge in [-0.2, -0.15) is 0 Å². The number of nitrogen functional groups attached to an aromatic ring is 1. The number of rotatable bonds is 2. The van der Waals surface area contributed by atoms with Crippen molar-refractivity contribution < 1.29 is 9.90 Å². The Kier molecular flexibility index (Phi) is 2.51. The number of nitrogens with two attached hydrogens (primary N) is 1. The first kappa shape index (κ1) is 10.8. The van der Waals surface area contributed by atoms with E-state index in [2.05, 4.69) is 15.3 Å². The van der Waals surface area contributed by atoms with Gasteiger partial charge in [0, 0.05) is 18.4 Å². The van der Waals surface area contributed by atoms with Gasteiger partial charge in [-0.15, -0.1) is 0 Å². The summed E-state index contributed by atoms with van der Waals surface area (Å²) in [6, 6.07) is -0.0103. The SMILES string of the molecule is CC1(O)CC(NC(=O)c2nccnc2N)C1. The van der Waals surface area contributed by atoms with Gasteiger partial charge in [0.15, 0.2) is 11.5 Å². The smallest absolute Gasteiger partial charge is 0.273 e. The largest absolute Gasteiger partial charge is 0.390 e. The van der Waals surface area contributed by atoms with Crippen LogP contribution in [0.1, 0.15) is 30.3 Å². The summed E-state index contributed by atoms with van der Waals surface area (Å²) in [5.41, 5.74) is 5.00. The van der Waals surface area contributed by atoms with Crippen LogP contribution in [0.15, 0.2) is 12.4 Å². The maximum absolute atomic E-state index is 11.7. The minimum atomic E-state index is -0.661. The second-order valence-corrected chi connectivity index (χ2v) is 4.37. The predicted octanol–water partition coefficient (Wildman–Crippen LogP) is -0.298. The highest BCUT2D eigenvalue weighted by atomic mass is 16.3. The first-order valence-corrected chi connectivity index (χ1v) is 5.08. The van der Waals surface area contributed by atoms with Gasteiger partial charge < -0.3 is 16.2 Å². The molecule has 6 heteroatoms. The summed E-state index contributed by atoms with van der Waals surface area (Å²) in [6.45, 7) is 1.74. The quantitative estimate of drug-likeness (QED) is 0.638. The summed E-state index contributed by atoms with van der Waals surface area (Å²) >= 11 is 0. The van der Waals surface area contributed by atoms with E-state index in [0.29, 0.717) is 12.8 Å². The Labute approximate surface area is 92.9 Å². The molecule has 1 aromatic rings. The van der Waals surface area contributed by atoms with Crippen LogP contribution in [0.5, 0.6) is 0 Å². The van der Waals surface area contributed by atoms with Crippen LogP contribution in [0.25, 0.3) is 0 Å². The lowest BCUT2D eigenvalue weighted by Crippen LogP contribution is -2.53. The van der Waals surface area contributed by atoms with Crippen molar-refractivity contribution in [3.63, 3.8) is 0 Å². The Morgan fingerprint density at radius 2 is 2.19 bits per heavy atom. The van der Waals surface area contributed by atoms with Gasteiger partial charge in [-0.05, 0) is 19.8 Å². The van der Waals surface area contributed by atoms with Gasteiger partial charge in [-0.25, -0.2) is 9.97 Å². The molecule has 0 atom stereocenters. The van der Waals surface area contributed by atoms with Crippen LogP contribution < -0.4 is 11.1 Å². The lowest BCUT2D eigenvalue weighted by atomic mass is 9.77.